The first-order valence-electron chi connectivity index (χ1n) is 6.67. The van der Waals surface area contributed by atoms with Gasteiger partial charge in [-0.2, -0.15) is 0 Å². The quantitative estimate of drug-likeness (QED) is 0.577. The number of para-hydroxylation sites is 2. The van der Waals surface area contributed by atoms with Gasteiger partial charge in [0.05, 0.1) is 5.69 Å². The number of aromatic amines is 1. The summed E-state index contributed by atoms with van der Waals surface area (Å²) in [6.07, 6.45) is 1.78. The molecule has 0 saturated carbocycles. The molecule has 4 rings (SSSR count). The Kier molecular flexibility index (Phi) is 2.54. The van der Waals surface area contributed by atoms with Crippen molar-refractivity contribution in [3.8, 4) is 0 Å². The predicted octanol–water partition coefficient (Wildman–Crippen LogP) is 4.17. The fourth-order valence-electron chi connectivity index (χ4n) is 2.45. The van der Waals surface area contributed by atoms with Crippen molar-refractivity contribution in [1.29, 1.82) is 0 Å². The molecule has 0 radical (unpaired) electrons. The normalized spacial score (nSPS) is 11.0. The zero-order chi connectivity index (χ0) is 14.2. The summed E-state index contributed by atoms with van der Waals surface area (Å²) in [5.74, 6) is 0.0532. The van der Waals surface area contributed by atoms with Gasteiger partial charge in [0.15, 0.2) is 5.76 Å². The Hall–Kier alpha value is -3.01. The lowest BCUT2D eigenvalue weighted by molar-refractivity contribution is 0.0999. The van der Waals surface area contributed by atoms with Crippen molar-refractivity contribution in [2.75, 3.05) is 5.32 Å². The smallest absolute Gasteiger partial charge is 0.291 e. The van der Waals surface area contributed by atoms with Crippen LogP contribution >= 0.6 is 0 Å². The van der Waals surface area contributed by atoms with Crippen LogP contribution in [0, 0.1) is 0 Å². The van der Waals surface area contributed by atoms with Crippen LogP contribution < -0.4 is 5.32 Å². The van der Waals surface area contributed by atoms with E-state index in [4.69, 9.17) is 4.42 Å². The van der Waals surface area contributed by atoms with Gasteiger partial charge in [-0.15, -0.1) is 0 Å². The van der Waals surface area contributed by atoms with E-state index in [1.54, 1.807) is 12.3 Å². The number of carbonyl (C=O) groups is 1. The number of benzene rings is 2. The molecule has 0 bridgehead atoms. The van der Waals surface area contributed by atoms with Crippen molar-refractivity contribution in [3.63, 3.8) is 0 Å². The third kappa shape index (κ3) is 1.97. The van der Waals surface area contributed by atoms with Crippen LogP contribution in [0.3, 0.4) is 0 Å². The minimum atomic E-state index is -0.254. The van der Waals surface area contributed by atoms with Crippen LogP contribution in [0.5, 0.6) is 0 Å². The molecule has 0 unspecified atom stereocenters. The zero-order valence-corrected chi connectivity index (χ0v) is 11.1. The third-order valence-corrected chi connectivity index (χ3v) is 3.49. The molecule has 0 atom stereocenters. The molecule has 0 saturated heterocycles. The molecule has 0 aliphatic heterocycles. The Morgan fingerprint density at radius 3 is 2.76 bits per heavy atom. The van der Waals surface area contributed by atoms with Gasteiger partial charge in [0, 0.05) is 22.5 Å². The highest BCUT2D eigenvalue weighted by atomic mass is 16.3. The summed E-state index contributed by atoms with van der Waals surface area (Å²) in [4.78, 5) is 15.4. The van der Waals surface area contributed by atoms with E-state index in [2.05, 4.69) is 10.3 Å². The minimum absolute atomic E-state index is 0.254. The second-order valence-corrected chi connectivity index (χ2v) is 4.85. The Labute approximate surface area is 120 Å². The van der Waals surface area contributed by atoms with Crippen LogP contribution in [-0.2, 0) is 0 Å². The number of furan rings is 1. The van der Waals surface area contributed by atoms with Gasteiger partial charge >= 0.3 is 0 Å². The predicted molar refractivity (Wildman–Crippen MR) is 82.5 cm³/mol. The number of fused-ring (bicyclic) bond motifs is 2. The molecule has 4 aromatic rings. The van der Waals surface area contributed by atoms with Gasteiger partial charge in [-0.25, -0.2) is 0 Å². The summed E-state index contributed by atoms with van der Waals surface area (Å²) in [7, 11) is 0. The highest BCUT2D eigenvalue weighted by Crippen LogP contribution is 2.24. The van der Waals surface area contributed by atoms with Gasteiger partial charge in [-0.3, -0.25) is 4.79 Å². The maximum Gasteiger partial charge on any atom is 0.291 e. The minimum Gasteiger partial charge on any atom is -0.451 e. The lowest BCUT2D eigenvalue weighted by Gasteiger charge is -2.00. The summed E-state index contributed by atoms with van der Waals surface area (Å²) in [5.41, 5.74) is 2.44. The number of aromatic nitrogens is 1. The van der Waals surface area contributed by atoms with Crippen LogP contribution in [-0.4, -0.2) is 10.9 Å². The van der Waals surface area contributed by atoms with E-state index in [-0.39, 0.29) is 5.91 Å². The number of H-pyrrole nitrogens is 1. The molecular weight excluding hydrogens is 264 g/mol. The maximum absolute atomic E-state index is 12.3. The zero-order valence-electron chi connectivity index (χ0n) is 11.1. The molecule has 2 aromatic carbocycles. The monoisotopic (exact) mass is 276 g/mol. The van der Waals surface area contributed by atoms with Crippen molar-refractivity contribution >= 4 is 33.5 Å². The summed E-state index contributed by atoms with van der Waals surface area (Å²) in [5, 5.41) is 4.77. The van der Waals surface area contributed by atoms with Crippen molar-refractivity contribution in [2.24, 2.45) is 0 Å². The second kappa shape index (κ2) is 4.52. The number of anilines is 1. The molecule has 1 amide bonds. The lowest BCUT2D eigenvalue weighted by atomic mass is 10.2. The molecular formula is C17H12N2O2. The van der Waals surface area contributed by atoms with Crippen molar-refractivity contribution in [3.05, 3.63) is 66.6 Å². The summed E-state index contributed by atoms with van der Waals surface area (Å²) < 4.78 is 5.57. The molecule has 21 heavy (non-hydrogen) atoms. The molecule has 4 nitrogen and oxygen atoms in total. The molecule has 0 spiro atoms. The highest BCUT2D eigenvalue weighted by molar-refractivity contribution is 6.09. The lowest BCUT2D eigenvalue weighted by Crippen LogP contribution is -2.10. The van der Waals surface area contributed by atoms with Crippen LogP contribution in [0.25, 0.3) is 21.9 Å². The number of hydrogen-bond donors (Lipinski definition) is 2. The standard InChI is InChI=1S/C17H12N2O2/c20-17(16-9-11-5-1-4-8-15(11)21-16)19-14-10-18-13-7-3-2-6-12(13)14/h1-10,18H,(H,19,20). The third-order valence-electron chi connectivity index (χ3n) is 3.49. The second-order valence-electron chi connectivity index (χ2n) is 4.85. The number of rotatable bonds is 2. The maximum atomic E-state index is 12.3. The van der Waals surface area contributed by atoms with Gasteiger partial charge in [-0.05, 0) is 18.2 Å². The van der Waals surface area contributed by atoms with E-state index in [0.29, 0.717) is 11.3 Å². The van der Waals surface area contributed by atoms with E-state index in [0.717, 1.165) is 22.0 Å². The largest absolute Gasteiger partial charge is 0.451 e. The van der Waals surface area contributed by atoms with E-state index >= 15 is 0 Å². The molecule has 0 fully saturated rings. The van der Waals surface area contributed by atoms with Gasteiger partial charge in [-0.1, -0.05) is 36.4 Å². The van der Waals surface area contributed by atoms with Crippen LogP contribution in [0.1, 0.15) is 10.6 Å². The Bertz CT molecular complexity index is 916. The first-order valence-corrected chi connectivity index (χ1v) is 6.67. The van der Waals surface area contributed by atoms with Crippen LogP contribution in [0.15, 0.2) is 65.2 Å². The Morgan fingerprint density at radius 2 is 1.86 bits per heavy atom. The van der Waals surface area contributed by atoms with Crippen LogP contribution in [0.4, 0.5) is 5.69 Å². The van der Waals surface area contributed by atoms with E-state index < -0.39 is 0 Å². The molecule has 0 aliphatic carbocycles. The Morgan fingerprint density at radius 1 is 1.05 bits per heavy atom. The first kappa shape index (κ1) is 11.8. The average Bonchev–Trinajstić information content (AvgIpc) is 3.11. The topological polar surface area (TPSA) is 58.0 Å². The van der Waals surface area contributed by atoms with E-state index in [1.807, 2.05) is 48.5 Å². The average molecular weight is 276 g/mol. The summed E-state index contributed by atoms with van der Waals surface area (Å²) >= 11 is 0. The molecule has 102 valence electrons. The fraction of sp³-hybridized carbons (Fsp3) is 0. The van der Waals surface area contributed by atoms with Gasteiger partial charge in [0.25, 0.3) is 5.91 Å². The van der Waals surface area contributed by atoms with Gasteiger partial charge in [0.1, 0.15) is 5.58 Å². The van der Waals surface area contributed by atoms with E-state index in [9.17, 15) is 4.79 Å². The first-order chi connectivity index (χ1) is 10.3. The van der Waals surface area contributed by atoms with Crippen molar-refractivity contribution in [1.82, 2.24) is 4.98 Å². The molecule has 4 heteroatoms. The van der Waals surface area contributed by atoms with Crippen LogP contribution in [0.2, 0.25) is 0 Å². The molecule has 2 N–H and O–H groups in total. The number of hydrogen-bond acceptors (Lipinski definition) is 2. The highest BCUT2D eigenvalue weighted by Gasteiger charge is 2.14. The number of amides is 1. The Balaban J connectivity index is 1.69. The molecule has 2 aromatic heterocycles. The summed E-state index contributed by atoms with van der Waals surface area (Å²) in [6, 6.07) is 17.1. The number of carbonyl (C=O) groups excluding carboxylic acids is 1. The van der Waals surface area contributed by atoms with Crippen molar-refractivity contribution < 1.29 is 9.21 Å². The number of nitrogens with one attached hydrogen (secondary N) is 2. The molecule has 2 heterocycles. The fourth-order valence-corrected chi connectivity index (χ4v) is 2.45. The van der Waals surface area contributed by atoms with Crippen molar-refractivity contribution in [2.45, 2.75) is 0 Å². The SMILES string of the molecule is O=C(Nc1c[nH]c2ccccc12)c1cc2ccccc2o1. The van der Waals surface area contributed by atoms with Gasteiger partial charge in [0.2, 0.25) is 0 Å². The van der Waals surface area contributed by atoms with Gasteiger partial charge < -0.3 is 14.7 Å². The van der Waals surface area contributed by atoms with E-state index in [1.165, 1.54) is 0 Å². The molecule has 0 aliphatic rings. The summed E-state index contributed by atoms with van der Waals surface area (Å²) in [6.45, 7) is 0.